The molecule has 2 aliphatic heterocycles. The van der Waals surface area contributed by atoms with Crippen LogP contribution in [0.15, 0.2) is 60.7 Å². The SMILES string of the molecule is CC[N+]1=C(/C=C/C=C/c2ccc(N(C)C)cc2)C(C)(C)c2cc(C(=O)N3CCN(C(=O)OC(C)(C)C)CC3)ccc21. The summed E-state index contributed by atoms with van der Waals surface area (Å²) in [6.45, 7) is 14.9. The molecule has 0 saturated carbocycles. The van der Waals surface area contributed by atoms with Crippen LogP contribution in [-0.2, 0) is 10.2 Å². The predicted octanol–water partition coefficient (Wildman–Crippen LogP) is 6.11. The van der Waals surface area contributed by atoms with Crippen molar-refractivity contribution < 1.29 is 18.9 Å². The molecule has 0 spiro atoms. The van der Waals surface area contributed by atoms with Crippen molar-refractivity contribution in [2.24, 2.45) is 0 Å². The topological polar surface area (TPSA) is 56.1 Å². The van der Waals surface area contributed by atoms with Gasteiger partial charge >= 0.3 is 6.09 Å². The first-order valence-electron chi connectivity index (χ1n) is 14.5. The lowest BCUT2D eigenvalue weighted by atomic mass is 9.80. The van der Waals surface area contributed by atoms with E-state index in [1.54, 1.807) is 4.90 Å². The second kappa shape index (κ2) is 11.9. The molecule has 2 aromatic rings. The Bertz CT molecular complexity index is 1370. The van der Waals surface area contributed by atoms with Gasteiger partial charge in [-0.1, -0.05) is 30.4 Å². The van der Waals surface area contributed by atoms with E-state index in [0.29, 0.717) is 31.7 Å². The van der Waals surface area contributed by atoms with Crippen LogP contribution >= 0.6 is 0 Å². The number of rotatable bonds is 6. The number of hydrogen-bond donors (Lipinski definition) is 0. The average Bonchev–Trinajstić information content (AvgIpc) is 3.15. The number of carbonyl (C=O) groups is 2. The smallest absolute Gasteiger partial charge is 0.410 e. The van der Waals surface area contributed by atoms with Crippen molar-refractivity contribution in [1.29, 1.82) is 0 Å². The largest absolute Gasteiger partial charge is 0.444 e. The highest BCUT2D eigenvalue weighted by atomic mass is 16.6. The van der Waals surface area contributed by atoms with Crippen molar-refractivity contribution in [3.63, 3.8) is 0 Å². The molecule has 0 unspecified atom stereocenters. The lowest BCUT2D eigenvalue weighted by Gasteiger charge is -2.35. The lowest BCUT2D eigenvalue weighted by Crippen LogP contribution is -2.51. The monoisotopic (exact) mass is 557 g/mol. The molecule has 0 radical (unpaired) electrons. The van der Waals surface area contributed by atoms with Gasteiger partial charge in [-0.25, -0.2) is 4.79 Å². The predicted molar refractivity (Wildman–Crippen MR) is 168 cm³/mol. The van der Waals surface area contributed by atoms with E-state index in [9.17, 15) is 9.59 Å². The van der Waals surface area contributed by atoms with Crippen molar-refractivity contribution in [2.75, 3.05) is 51.7 Å². The zero-order valence-corrected chi connectivity index (χ0v) is 25.9. The Morgan fingerprint density at radius 3 is 2.15 bits per heavy atom. The molecule has 1 fully saturated rings. The minimum absolute atomic E-state index is 0.00250. The van der Waals surface area contributed by atoms with Crippen molar-refractivity contribution in [3.05, 3.63) is 77.4 Å². The first-order valence-corrected chi connectivity index (χ1v) is 14.5. The zero-order valence-electron chi connectivity index (χ0n) is 25.9. The third-order valence-electron chi connectivity index (χ3n) is 7.74. The summed E-state index contributed by atoms with van der Waals surface area (Å²) in [7, 11) is 4.08. The van der Waals surface area contributed by atoms with Gasteiger partial charge in [0.15, 0.2) is 5.71 Å². The van der Waals surface area contributed by atoms with Gasteiger partial charge in [0, 0.05) is 69.2 Å². The highest BCUT2D eigenvalue weighted by molar-refractivity contribution is 6.04. The summed E-state index contributed by atoms with van der Waals surface area (Å²) in [4.78, 5) is 31.5. The summed E-state index contributed by atoms with van der Waals surface area (Å²) in [6.07, 6.45) is 8.15. The standard InChI is InChI=1S/C34H45N4O3/c1-9-38-29-19-16-26(31(39)36-20-22-37(23-21-36)32(40)41-33(2,3)4)24-28(29)34(5,6)30(38)13-11-10-12-25-14-17-27(18-15-25)35(7)8/h10-19,24H,9,20-23H2,1-8H3/q+1. The number of fused-ring (bicyclic) bond motifs is 1. The summed E-state index contributed by atoms with van der Waals surface area (Å²) in [5.41, 5.74) is 5.73. The molecule has 0 bridgehead atoms. The molecule has 2 amide bonds. The molecular formula is C34H45N4O3+. The van der Waals surface area contributed by atoms with Gasteiger partial charge in [0.25, 0.3) is 5.91 Å². The van der Waals surface area contributed by atoms with E-state index in [1.165, 1.54) is 11.4 Å². The number of piperazine rings is 1. The molecule has 2 heterocycles. The number of allylic oxidation sites excluding steroid dienone is 3. The number of nitrogens with zero attached hydrogens (tertiary/aromatic N) is 4. The fraction of sp³-hybridized carbons (Fsp3) is 0.441. The van der Waals surface area contributed by atoms with Crippen LogP contribution in [0.3, 0.4) is 0 Å². The molecule has 41 heavy (non-hydrogen) atoms. The maximum absolute atomic E-state index is 13.5. The number of hydrogen-bond acceptors (Lipinski definition) is 4. The quantitative estimate of drug-likeness (QED) is 0.318. The Balaban J connectivity index is 1.46. The zero-order chi connectivity index (χ0) is 29.9. The van der Waals surface area contributed by atoms with Crippen LogP contribution < -0.4 is 4.90 Å². The molecule has 0 aromatic heterocycles. The van der Waals surface area contributed by atoms with Crippen molar-refractivity contribution in [1.82, 2.24) is 9.80 Å². The maximum atomic E-state index is 13.5. The van der Waals surface area contributed by atoms with Crippen LogP contribution in [0.1, 0.15) is 63.0 Å². The van der Waals surface area contributed by atoms with Crippen molar-refractivity contribution >= 4 is 35.2 Å². The summed E-state index contributed by atoms with van der Waals surface area (Å²) in [5, 5.41) is 0. The number of benzene rings is 2. The molecule has 0 atom stereocenters. The van der Waals surface area contributed by atoms with E-state index in [1.807, 2.05) is 45.8 Å². The average molecular weight is 558 g/mol. The molecule has 7 heteroatoms. The molecule has 0 N–H and O–H groups in total. The minimum atomic E-state index is -0.535. The summed E-state index contributed by atoms with van der Waals surface area (Å²) in [5.74, 6) is 0.00250. The van der Waals surface area contributed by atoms with Gasteiger partial charge in [0.05, 0.1) is 5.41 Å². The van der Waals surface area contributed by atoms with Crippen molar-refractivity contribution in [3.8, 4) is 0 Å². The van der Waals surface area contributed by atoms with Crippen LogP contribution in [-0.4, -0.2) is 84.5 Å². The molecule has 7 nitrogen and oxygen atoms in total. The van der Waals surface area contributed by atoms with E-state index in [4.69, 9.17) is 4.74 Å². The van der Waals surface area contributed by atoms with Gasteiger partial charge in [-0.15, -0.1) is 0 Å². The number of carbonyl (C=O) groups excluding carboxylic acids is 2. The fourth-order valence-corrected chi connectivity index (χ4v) is 5.45. The Morgan fingerprint density at radius 2 is 1.56 bits per heavy atom. The Labute approximate surface area is 245 Å². The first-order chi connectivity index (χ1) is 19.3. The second-order valence-electron chi connectivity index (χ2n) is 12.5. The molecule has 4 rings (SSSR count). The van der Waals surface area contributed by atoms with Gasteiger partial charge in [0.1, 0.15) is 12.1 Å². The van der Waals surface area contributed by atoms with Crippen molar-refractivity contribution in [2.45, 2.75) is 52.6 Å². The summed E-state index contributed by atoms with van der Waals surface area (Å²) < 4.78 is 7.83. The van der Waals surface area contributed by atoms with Gasteiger partial charge in [-0.05, 0) is 71.4 Å². The van der Waals surface area contributed by atoms with E-state index in [-0.39, 0.29) is 17.4 Å². The lowest BCUT2D eigenvalue weighted by molar-refractivity contribution is -0.433. The molecular weight excluding hydrogens is 512 g/mol. The Morgan fingerprint density at radius 1 is 0.951 bits per heavy atom. The van der Waals surface area contributed by atoms with Gasteiger partial charge in [-0.2, -0.15) is 4.58 Å². The molecule has 2 aromatic carbocycles. The highest BCUT2D eigenvalue weighted by Crippen LogP contribution is 2.40. The van der Waals surface area contributed by atoms with Gasteiger partial charge in [-0.3, -0.25) is 4.79 Å². The maximum Gasteiger partial charge on any atom is 0.410 e. The molecule has 1 saturated heterocycles. The van der Waals surface area contributed by atoms with Gasteiger partial charge in [0.2, 0.25) is 5.69 Å². The number of anilines is 1. The molecule has 218 valence electrons. The normalized spacial score (nSPS) is 17.0. The second-order valence-corrected chi connectivity index (χ2v) is 12.5. The summed E-state index contributed by atoms with van der Waals surface area (Å²) in [6, 6.07) is 14.6. The van der Waals surface area contributed by atoms with Crippen LogP contribution in [0.4, 0.5) is 16.2 Å². The van der Waals surface area contributed by atoms with Crippen LogP contribution in [0.25, 0.3) is 6.08 Å². The first kappa shape index (κ1) is 30.1. The van der Waals surface area contributed by atoms with Crippen LogP contribution in [0, 0.1) is 0 Å². The van der Waals surface area contributed by atoms with Crippen LogP contribution in [0.2, 0.25) is 0 Å². The van der Waals surface area contributed by atoms with Gasteiger partial charge < -0.3 is 19.4 Å². The van der Waals surface area contributed by atoms with E-state index in [2.05, 4.69) is 90.9 Å². The van der Waals surface area contributed by atoms with E-state index in [0.717, 1.165) is 23.4 Å². The third kappa shape index (κ3) is 6.72. The summed E-state index contributed by atoms with van der Waals surface area (Å²) >= 11 is 0. The van der Waals surface area contributed by atoms with Crippen LogP contribution in [0.5, 0.6) is 0 Å². The molecule has 2 aliphatic rings. The Kier molecular flexibility index (Phi) is 8.76. The number of amides is 2. The van der Waals surface area contributed by atoms with E-state index >= 15 is 0 Å². The third-order valence-corrected chi connectivity index (χ3v) is 7.74. The minimum Gasteiger partial charge on any atom is -0.444 e. The fourth-order valence-electron chi connectivity index (χ4n) is 5.45. The highest BCUT2D eigenvalue weighted by Gasteiger charge is 2.44. The van der Waals surface area contributed by atoms with E-state index < -0.39 is 5.60 Å². The molecule has 0 aliphatic carbocycles. The Hall–Kier alpha value is -3.87. The number of ether oxygens (including phenoxy) is 1.